The summed E-state index contributed by atoms with van der Waals surface area (Å²) in [4.78, 5) is 2.45. The van der Waals surface area contributed by atoms with E-state index >= 15 is 0 Å². The van der Waals surface area contributed by atoms with Gasteiger partial charge in [-0.05, 0) is 49.6 Å². The molecule has 3 heteroatoms. The lowest BCUT2D eigenvalue weighted by Gasteiger charge is -2.23. The van der Waals surface area contributed by atoms with Crippen molar-refractivity contribution < 1.29 is 0 Å². The van der Waals surface area contributed by atoms with Gasteiger partial charge in [0.15, 0.2) is 0 Å². The molecule has 2 rings (SSSR count). The summed E-state index contributed by atoms with van der Waals surface area (Å²) in [6.45, 7) is 4.92. The van der Waals surface area contributed by atoms with E-state index in [1.807, 2.05) is 12.1 Å². The maximum atomic E-state index is 8.84. The van der Waals surface area contributed by atoms with Crippen molar-refractivity contribution in [3.8, 4) is 6.07 Å². The Morgan fingerprint density at radius 3 is 3.00 bits per heavy atom. The zero-order chi connectivity index (χ0) is 12.3. The van der Waals surface area contributed by atoms with Crippen LogP contribution in [-0.4, -0.2) is 24.0 Å². The van der Waals surface area contributed by atoms with Gasteiger partial charge in [-0.3, -0.25) is 4.90 Å². The fourth-order valence-corrected chi connectivity index (χ4v) is 2.53. The Balaban J connectivity index is 2.11. The minimum atomic E-state index is 0.532. The van der Waals surface area contributed by atoms with Gasteiger partial charge in [-0.1, -0.05) is 6.07 Å². The van der Waals surface area contributed by atoms with Crippen LogP contribution in [0.2, 0.25) is 0 Å². The van der Waals surface area contributed by atoms with Crippen molar-refractivity contribution in [3.63, 3.8) is 0 Å². The third-order valence-corrected chi connectivity index (χ3v) is 3.62. The zero-order valence-electron chi connectivity index (χ0n) is 10.3. The molecule has 0 amide bonds. The lowest BCUT2D eigenvalue weighted by atomic mass is 10.0. The fraction of sp³-hybridized carbons (Fsp3) is 0.500. The van der Waals surface area contributed by atoms with Crippen LogP contribution < -0.4 is 5.73 Å². The molecule has 17 heavy (non-hydrogen) atoms. The fourth-order valence-electron chi connectivity index (χ4n) is 2.53. The Hall–Kier alpha value is -1.37. The van der Waals surface area contributed by atoms with Crippen LogP contribution in [0, 0.1) is 18.3 Å². The largest absolute Gasteiger partial charge is 0.329 e. The Bertz CT molecular complexity index is 434. The maximum Gasteiger partial charge on any atom is 0.0991 e. The Morgan fingerprint density at radius 1 is 1.53 bits per heavy atom. The first-order chi connectivity index (χ1) is 8.24. The number of hydrogen-bond donors (Lipinski definition) is 1. The van der Waals surface area contributed by atoms with Crippen molar-refractivity contribution in [2.75, 3.05) is 13.1 Å². The van der Waals surface area contributed by atoms with Crippen LogP contribution in [0.25, 0.3) is 0 Å². The average molecular weight is 229 g/mol. The number of rotatable bonds is 3. The van der Waals surface area contributed by atoms with Crippen LogP contribution in [0.15, 0.2) is 18.2 Å². The van der Waals surface area contributed by atoms with Gasteiger partial charge >= 0.3 is 0 Å². The highest BCUT2D eigenvalue weighted by molar-refractivity contribution is 5.37. The molecular weight excluding hydrogens is 210 g/mol. The average Bonchev–Trinajstić information content (AvgIpc) is 2.79. The summed E-state index contributed by atoms with van der Waals surface area (Å²) in [6.07, 6.45) is 2.46. The molecule has 1 saturated heterocycles. The van der Waals surface area contributed by atoms with E-state index in [2.05, 4.69) is 24.0 Å². The standard InChI is InChI=1S/C14H19N3/c1-11-7-12(8-15)4-5-13(11)10-17-6-2-3-14(17)9-16/h4-5,7,14H,2-3,6,9-10,16H2,1H3. The molecule has 2 N–H and O–H groups in total. The molecule has 0 spiro atoms. The van der Waals surface area contributed by atoms with Gasteiger partial charge in [-0.2, -0.15) is 5.26 Å². The van der Waals surface area contributed by atoms with E-state index < -0.39 is 0 Å². The minimum absolute atomic E-state index is 0.532. The molecule has 3 nitrogen and oxygen atoms in total. The second kappa shape index (κ2) is 5.31. The highest BCUT2D eigenvalue weighted by Gasteiger charge is 2.23. The SMILES string of the molecule is Cc1cc(C#N)ccc1CN1CCCC1CN. The predicted molar refractivity (Wildman–Crippen MR) is 68.4 cm³/mol. The smallest absolute Gasteiger partial charge is 0.0991 e. The first kappa shape index (κ1) is 12.1. The van der Waals surface area contributed by atoms with Crippen molar-refractivity contribution in [2.24, 2.45) is 5.73 Å². The van der Waals surface area contributed by atoms with Crippen molar-refractivity contribution in [3.05, 3.63) is 34.9 Å². The van der Waals surface area contributed by atoms with Gasteiger partial charge in [0.25, 0.3) is 0 Å². The summed E-state index contributed by atoms with van der Waals surface area (Å²) in [6, 6.07) is 8.64. The van der Waals surface area contributed by atoms with Gasteiger partial charge in [0.05, 0.1) is 11.6 Å². The molecule has 0 radical (unpaired) electrons. The molecule has 0 aliphatic carbocycles. The summed E-state index contributed by atoms with van der Waals surface area (Å²) in [7, 11) is 0. The number of benzene rings is 1. The van der Waals surface area contributed by atoms with Gasteiger partial charge in [0.2, 0.25) is 0 Å². The zero-order valence-corrected chi connectivity index (χ0v) is 10.3. The van der Waals surface area contributed by atoms with E-state index in [-0.39, 0.29) is 0 Å². The van der Waals surface area contributed by atoms with Gasteiger partial charge in [0, 0.05) is 19.1 Å². The topological polar surface area (TPSA) is 53.0 Å². The van der Waals surface area contributed by atoms with Crippen molar-refractivity contribution >= 4 is 0 Å². The van der Waals surface area contributed by atoms with E-state index in [1.54, 1.807) is 0 Å². The van der Waals surface area contributed by atoms with Gasteiger partial charge in [0.1, 0.15) is 0 Å². The highest BCUT2D eigenvalue weighted by atomic mass is 15.2. The summed E-state index contributed by atoms with van der Waals surface area (Å²) in [5, 5.41) is 8.84. The number of nitriles is 1. The quantitative estimate of drug-likeness (QED) is 0.859. The third-order valence-electron chi connectivity index (χ3n) is 3.62. The Kier molecular flexibility index (Phi) is 3.78. The first-order valence-electron chi connectivity index (χ1n) is 6.18. The van der Waals surface area contributed by atoms with E-state index in [4.69, 9.17) is 11.0 Å². The van der Waals surface area contributed by atoms with E-state index in [9.17, 15) is 0 Å². The number of hydrogen-bond acceptors (Lipinski definition) is 3. The lowest BCUT2D eigenvalue weighted by Crippen LogP contribution is -2.35. The molecule has 0 aromatic heterocycles. The van der Waals surface area contributed by atoms with Crippen LogP contribution in [0.3, 0.4) is 0 Å². The summed E-state index contributed by atoms with van der Waals surface area (Å²) >= 11 is 0. The Morgan fingerprint density at radius 2 is 2.35 bits per heavy atom. The molecule has 1 aliphatic rings. The maximum absolute atomic E-state index is 8.84. The molecule has 1 unspecified atom stereocenters. The van der Waals surface area contributed by atoms with E-state index in [0.717, 1.165) is 25.2 Å². The summed E-state index contributed by atoms with van der Waals surface area (Å²) < 4.78 is 0. The molecule has 1 aliphatic heterocycles. The lowest BCUT2D eigenvalue weighted by molar-refractivity contribution is 0.250. The monoisotopic (exact) mass is 229 g/mol. The number of aryl methyl sites for hydroxylation is 1. The third kappa shape index (κ3) is 2.66. The summed E-state index contributed by atoms with van der Waals surface area (Å²) in [5.74, 6) is 0. The van der Waals surface area contributed by atoms with Crippen LogP contribution >= 0.6 is 0 Å². The number of nitrogens with zero attached hydrogens (tertiary/aromatic N) is 2. The molecule has 1 aromatic carbocycles. The molecule has 1 atom stereocenters. The van der Waals surface area contributed by atoms with Gasteiger partial charge < -0.3 is 5.73 Å². The number of nitrogens with two attached hydrogens (primary N) is 1. The molecule has 1 heterocycles. The summed E-state index contributed by atoms with van der Waals surface area (Å²) in [5.41, 5.74) is 9.03. The van der Waals surface area contributed by atoms with Crippen molar-refractivity contribution in [1.29, 1.82) is 5.26 Å². The highest BCUT2D eigenvalue weighted by Crippen LogP contribution is 2.21. The minimum Gasteiger partial charge on any atom is -0.329 e. The van der Waals surface area contributed by atoms with Gasteiger partial charge in [-0.25, -0.2) is 0 Å². The molecule has 1 aromatic rings. The molecule has 90 valence electrons. The Labute approximate surface area is 103 Å². The molecular formula is C14H19N3. The van der Waals surface area contributed by atoms with E-state index in [0.29, 0.717) is 6.04 Å². The van der Waals surface area contributed by atoms with Crippen molar-refractivity contribution in [2.45, 2.75) is 32.4 Å². The molecule has 1 fully saturated rings. The van der Waals surface area contributed by atoms with Crippen LogP contribution in [-0.2, 0) is 6.54 Å². The van der Waals surface area contributed by atoms with Crippen molar-refractivity contribution in [1.82, 2.24) is 4.90 Å². The van der Waals surface area contributed by atoms with Crippen LogP contribution in [0.4, 0.5) is 0 Å². The predicted octanol–water partition coefficient (Wildman–Crippen LogP) is 1.79. The normalized spacial score (nSPS) is 20.4. The number of likely N-dealkylation sites (tertiary alicyclic amines) is 1. The second-order valence-corrected chi connectivity index (χ2v) is 4.76. The molecule has 0 saturated carbocycles. The van der Waals surface area contributed by atoms with Crippen LogP contribution in [0.5, 0.6) is 0 Å². The first-order valence-corrected chi connectivity index (χ1v) is 6.18. The van der Waals surface area contributed by atoms with E-state index in [1.165, 1.54) is 24.0 Å². The molecule has 0 bridgehead atoms. The van der Waals surface area contributed by atoms with Gasteiger partial charge in [-0.15, -0.1) is 0 Å². The van der Waals surface area contributed by atoms with Crippen LogP contribution in [0.1, 0.15) is 29.5 Å². The second-order valence-electron chi connectivity index (χ2n) is 4.76.